The molecule has 1 heterocycles. The van der Waals surface area contributed by atoms with Crippen molar-refractivity contribution in [2.45, 2.75) is 38.5 Å². The molecule has 1 aromatic heterocycles. The summed E-state index contributed by atoms with van der Waals surface area (Å²) in [7, 11) is 0. The minimum Gasteiger partial charge on any atom is -0.311 e. The summed E-state index contributed by atoms with van der Waals surface area (Å²) in [6.07, 6.45) is 0. The number of anilines is 3. The zero-order valence-corrected chi connectivity index (χ0v) is 38.8. The van der Waals surface area contributed by atoms with Gasteiger partial charge in [0.25, 0.3) is 0 Å². The van der Waals surface area contributed by atoms with E-state index in [1.165, 1.54) is 105 Å². The molecule has 0 radical (unpaired) electrons. The fourth-order valence-electron chi connectivity index (χ4n) is 11.8. The number of para-hydroxylation sites is 1. The molecule has 324 valence electrons. The van der Waals surface area contributed by atoms with Gasteiger partial charge >= 0.3 is 0 Å². The maximum Gasteiger partial charge on any atom is 0.0544 e. The molecular weight excluding hydrogens is 821 g/mol. The van der Waals surface area contributed by atoms with Gasteiger partial charge in [0, 0.05) is 44.4 Å². The quantitative estimate of drug-likeness (QED) is 0.155. The Morgan fingerprint density at radius 2 is 0.779 bits per heavy atom. The first-order valence-electron chi connectivity index (χ1n) is 23.9. The predicted octanol–water partition coefficient (Wildman–Crippen LogP) is 17.9. The highest BCUT2D eigenvalue weighted by Crippen LogP contribution is 2.53. The molecule has 11 aromatic rings. The van der Waals surface area contributed by atoms with Gasteiger partial charge in [-0.3, -0.25) is 0 Å². The van der Waals surface area contributed by atoms with Crippen LogP contribution in [0.2, 0.25) is 0 Å². The van der Waals surface area contributed by atoms with Gasteiger partial charge in [-0.1, -0.05) is 185 Å². The molecule has 0 saturated heterocycles. The van der Waals surface area contributed by atoms with Crippen molar-refractivity contribution in [1.82, 2.24) is 4.57 Å². The van der Waals surface area contributed by atoms with Crippen molar-refractivity contribution >= 4 is 38.9 Å². The third-order valence-electron chi connectivity index (χ3n) is 15.2. The normalized spacial score (nSPS) is 13.8. The van der Waals surface area contributed by atoms with Crippen molar-refractivity contribution in [3.05, 3.63) is 253 Å². The Morgan fingerprint density at radius 1 is 0.309 bits per heavy atom. The Hall–Kier alpha value is -8.20. The third kappa shape index (κ3) is 6.10. The van der Waals surface area contributed by atoms with E-state index in [-0.39, 0.29) is 10.8 Å². The van der Waals surface area contributed by atoms with Gasteiger partial charge in [-0.25, -0.2) is 0 Å². The second-order valence-corrected chi connectivity index (χ2v) is 19.7. The molecule has 0 fully saturated rings. The molecule has 0 spiro atoms. The van der Waals surface area contributed by atoms with E-state index in [9.17, 15) is 0 Å². The number of fused-ring (bicyclic) bond motifs is 9. The van der Waals surface area contributed by atoms with E-state index >= 15 is 0 Å². The maximum absolute atomic E-state index is 2.46. The largest absolute Gasteiger partial charge is 0.311 e. The molecule has 68 heavy (non-hydrogen) atoms. The van der Waals surface area contributed by atoms with Crippen LogP contribution >= 0.6 is 0 Å². The van der Waals surface area contributed by atoms with Crippen LogP contribution in [0.5, 0.6) is 0 Å². The van der Waals surface area contributed by atoms with Gasteiger partial charge in [0.2, 0.25) is 0 Å². The van der Waals surface area contributed by atoms with Gasteiger partial charge in [0.1, 0.15) is 0 Å². The second-order valence-electron chi connectivity index (χ2n) is 19.7. The summed E-state index contributed by atoms with van der Waals surface area (Å²) in [6, 6.07) is 85.3. The molecule has 10 aromatic carbocycles. The minimum atomic E-state index is -0.0948. The van der Waals surface area contributed by atoms with Gasteiger partial charge in [0.05, 0.1) is 11.0 Å². The lowest BCUT2D eigenvalue weighted by Crippen LogP contribution is -2.16. The maximum atomic E-state index is 2.46. The van der Waals surface area contributed by atoms with E-state index < -0.39 is 0 Å². The summed E-state index contributed by atoms with van der Waals surface area (Å²) in [5.41, 5.74) is 25.0. The van der Waals surface area contributed by atoms with Gasteiger partial charge in [-0.15, -0.1) is 0 Å². The van der Waals surface area contributed by atoms with Crippen molar-refractivity contribution in [1.29, 1.82) is 0 Å². The van der Waals surface area contributed by atoms with Crippen LogP contribution in [-0.2, 0) is 10.8 Å². The Kier molecular flexibility index (Phi) is 8.95. The molecular formula is C66H50N2. The molecule has 0 saturated carbocycles. The van der Waals surface area contributed by atoms with Crippen molar-refractivity contribution in [2.24, 2.45) is 0 Å². The van der Waals surface area contributed by atoms with Crippen LogP contribution in [0.3, 0.4) is 0 Å². The van der Waals surface area contributed by atoms with Gasteiger partial charge in [-0.05, 0) is 151 Å². The van der Waals surface area contributed by atoms with Crippen molar-refractivity contribution < 1.29 is 0 Å². The SMILES string of the molecule is CC1(C)c2ccccc2-c2cc3c4cc(-c5ccc(N(c6ccc(-c7ccccc7)cc6)c6ccc(-c7cccc8c7C(C)(C)c7ccccc7-8)cc6)cc5)ccc4n(-c4ccccc4)c3cc21. The van der Waals surface area contributed by atoms with Crippen LogP contribution in [-0.4, -0.2) is 4.57 Å². The lowest BCUT2D eigenvalue weighted by Gasteiger charge is -2.27. The van der Waals surface area contributed by atoms with E-state index in [2.05, 4.69) is 268 Å². The molecule has 13 rings (SSSR count). The second kappa shape index (κ2) is 15.2. The summed E-state index contributed by atoms with van der Waals surface area (Å²) >= 11 is 0. The fourth-order valence-corrected chi connectivity index (χ4v) is 11.8. The highest BCUT2D eigenvalue weighted by molar-refractivity contribution is 6.13. The Balaban J connectivity index is 0.906. The van der Waals surface area contributed by atoms with Crippen LogP contribution < -0.4 is 4.90 Å². The van der Waals surface area contributed by atoms with Gasteiger partial charge in [0.15, 0.2) is 0 Å². The summed E-state index contributed by atoms with van der Waals surface area (Å²) in [5.74, 6) is 0. The van der Waals surface area contributed by atoms with Crippen LogP contribution in [0.15, 0.2) is 231 Å². The average Bonchev–Trinajstić information content (AvgIpc) is 3.93. The molecule has 0 unspecified atom stereocenters. The summed E-state index contributed by atoms with van der Waals surface area (Å²) in [4.78, 5) is 2.38. The number of hydrogen-bond donors (Lipinski definition) is 0. The van der Waals surface area contributed by atoms with E-state index in [1.807, 2.05) is 0 Å². The zero-order chi connectivity index (χ0) is 45.7. The molecule has 2 aliphatic rings. The zero-order valence-electron chi connectivity index (χ0n) is 38.8. The average molecular weight is 871 g/mol. The molecule has 0 amide bonds. The number of hydrogen-bond acceptors (Lipinski definition) is 1. The third-order valence-corrected chi connectivity index (χ3v) is 15.2. The highest BCUT2D eigenvalue weighted by atomic mass is 15.1. The monoisotopic (exact) mass is 870 g/mol. The van der Waals surface area contributed by atoms with E-state index in [0.29, 0.717) is 0 Å². The van der Waals surface area contributed by atoms with Crippen molar-refractivity contribution in [2.75, 3.05) is 4.90 Å². The molecule has 0 bridgehead atoms. The van der Waals surface area contributed by atoms with Crippen molar-refractivity contribution in [3.8, 4) is 61.3 Å². The Bertz CT molecular complexity index is 3740. The predicted molar refractivity (Wildman–Crippen MR) is 287 cm³/mol. The first-order valence-corrected chi connectivity index (χ1v) is 23.9. The minimum absolute atomic E-state index is 0.0861. The van der Waals surface area contributed by atoms with E-state index in [1.54, 1.807) is 0 Å². The fraction of sp³-hybridized carbons (Fsp3) is 0.0909. The number of benzene rings is 10. The standard InChI is InChI=1S/C66H50N2/c1-65(2)59-24-13-12-21-54(59)56-41-58-57-40-47(32-39-62(57)68(63(58)42-61(56)65)48-18-9-6-10-19-48)45-28-35-50(36-29-45)67(49-33-26-44(27-34-49)43-16-7-5-8-17-43)51-37-30-46(31-38-51)52-22-15-23-55-53-20-11-14-25-60(53)66(3,4)64(52)55/h5-42H,1-4H3. The number of aromatic nitrogens is 1. The first kappa shape index (κ1) is 40.1. The van der Waals surface area contributed by atoms with E-state index in [0.717, 1.165) is 17.1 Å². The van der Waals surface area contributed by atoms with Crippen LogP contribution in [0, 0.1) is 0 Å². The van der Waals surface area contributed by atoms with Gasteiger partial charge < -0.3 is 9.47 Å². The smallest absolute Gasteiger partial charge is 0.0544 e. The molecule has 2 aliphatic carbocycles. The Labute approximate surface area is 399 Å². The number of rotatable bonds is 7. The Morgan fingerprint density at radius 3 is 1.43 bits per heavy atom. The van der Waals surface area contributed by atoms with Crippen LogP contribution in [0.1, 0.15) is 49.9 Å². The molecule has 0 aliphatic heterocycles. The number of nitrogens with zero attached hydrogens (tertiary/aromatic N) is 2. The summed E-state index contributed by atoms with van der Waals surface area (Å²) < 4.78 is 2.45. The molecule has 2 heteroatoms. The molecule has 0 atom stereocenters. The molecule has 2 nitrogen and oxygen atoms in total. The summed E-state index contributed by atoms with van der Waals surface area (Å²) in [5, 5.41) is 2.53. The summed E-state index contributed by atoms with van der Waals surface area (Å²) in [6.45, 7) is 9.47. The van der Waals surface area contributed by atoms with Crippen LogP contribution in [0.4, 0.5) is 17.1 Å². The lowest BCUT2D eigenvalue weighted by molar-refractivity contribution is 0.661. The molecule has 0 N–H and O–H groups in total. The van der Waals surface area contributed by atoms with Gasteiger partial charge in [-0.2, -0.15) is 0 Å². The van der Waals surface area contributed by atoms with E-state index in [4.69, 9.17) is 0 Å². The van der Waals surface area contributed by atoms with Crippen LogP contribution in [0.25, 0.3) is 83.1 Å². The topological polar surface area (TPSA) is 8.17 Å². The lowest BCUT2D eigenvalue weighted by atomic mass is 9.79. The van der Waals surface area contributed by atoms with Crippen molar-refractivity contribution in [3.63, 3.8) is 0 Å². The highest BCUT2D eigenvalue weighted by Gasteiger charge is 2.38. The first-order chi connectivity index (χ1) is 33.2.